The maximum absolute atomic E-state index is 13.3. The Hall–Kier alpha value is -4.76. The second-order valence-electron chi connectivity index (χ2n) is 9.04. The number of benzene rings is 3. The second-order valence-corrected chi connectivity index (χ2v) is 10.2. The van der Waals surface area contributed by atoms with Crippen LogP contribution in [0.15, 0.2) is 95.1 Å². The molecule has 0 bridgehead atoms. The Morgan fingerprint density at radius 2 is 1.80 bits per heavy atom. The van der Waals surface area contributed by atoms with Gasteiger partial charge >= 0.3 is 0 Å². The molecule has 5 rings (SSSR count). The van der Waals surface area contributed by atoms with Crippen LogP contribution < -0.4 is 20.5 Å². The number of nitrogens with one attached hydrogen (secondary N) is 1. The van der Waals surface area contributed by atoms with Crippen LogP contribution in [-0.2, 0) is 17.8 Å². The third-order valence-corrected chi connectivity index (χ3v) is 7.33. The van der Waals surface area contributed by atoms with Crippen LogP contribution in [0.1, 0.15) is 16.0 Å². The van der Waals surface area contributed by atoms with E-state index >= 15 is 0 Å². The Morgan fingerprint density at radius 1 is 1.05 bits per heavy atom. The van der Waals surface area contributed by atoms with Gasteiger partial charge in [0.2, 0.25) is 0 Å². The molecule has 0 saturated heterocycles. The summed E-state index contributed by atoms with van der Waals surface area (Å²) in [4.78, 5) is 32.0. The first-order valence-corrected chi connectivity index (χ1v) is 13.6. The van der Waals surface area contributed by atoms with Gasteiger partial charge in [0.25, 0.3) is 11.5 Å². The highest BCUT2D eigenvalue weighted by molar-refractivity contribution is 7.19. The SMILES string of the molecule is COc1cc(/C=N\NC(=O)Cn2cnc3sc(C)c(-c4ccccc4)c3c2=O)ccc1OCCc1ccccc1. The number of methoxy groups -OCH3 is 1. The minimum Gasteiger partial charge on any atom is -0.493 e. The predicted octanol–water partition coefficient (Wildman–Crippen LogP) is 5.21. The zero-order valence-corrected chi connectivity index (χ0v) is 23.0. The van der Waals surface area contributed by atoms with Crippen LogP contribution in [0.2, 0.25) is 0 Å². The van der Waals surface area contributed by atoms with Crippen molar-refractivity contribution in [2.75, 3.05) is 13.7 Å². The summed E-state index contributed by atoms with van der Waals surface area (Å²) in [5, 5.41) is 4.57. The average molecular weight is 553 g/mol. The van der Waals surface area contributed by atoms with Crippen molar-refractivity contribution in [3.63, 3.8) is 0 Å². The van der Waals surface area contributed by atoms with E-state index in [0.29, 0.717) is 33.9 Å². The average Bonchev–Trinajstić information content (AvgIpc) is 3.32. The van der Waals surface area contributed by atoms with Crippen LogP contribution in [-0.4, -0.2) is 35.4 Å². The number of hydrogen-bond acceptors (Lipinski definition) is 7. The van der Waals surface area contributed by atoms with E-state index in [-0.39, 0.29) is 12.1 Å². The van der Waals surface area contributed by atoms with Crippen molar-refractivity contribution in [1.29, 1.82) is 0 Å². The van der Waals surface area contributed by atoms with E-state index in [2.05, 4.69) is 27.6 Å². The summed E-state index contributed by atoms with van der Waals surface area (Å²) in [6.07, 6.45) is 3.69. The Labute approximate surface area is 235 Å². The van der Waals surface area contributed by atoms with E-state index in [4.69, 9.17) is 9.47 Å². The largest absolute Gasteiger partial charge is 0.493 e. The lowest BCUT2D eigenvalue weighted by atomic mass is 10.0. The summed E-state index contributed by atoms with van der Waals surface area (Å²) in [5.41, 5.74) is 5.93. The fourth-order valence-corrected chi connectivity index (χ4v) is 5.38. The molecule has 0 aliphatic rings. The summed E-state index contributed by atoms with van der Waals surface area (Å²) in [6.45, 7) is 2.28. The van der Waals surface area contributed by atoms with Crippen LogP contribution in [0.4, 0.5) is 0 Å². The molecular formula is C31H28N4O4S. The first-order chi connectivity index (χ1) is 19.5. The van der Waals surface area contributed by atoms with Gasteiger partial charge in [0.1, 0.15) is 11.4 Å². The zero-order chi connectivity index (χ0) is 27.9. The van der Waals surface area contributed by atoms with Gasteiger partial charge in [0.15, 0.2) is 11.5 Å². The monoisotopic (exact) mass is 552 g/mol. The highest BCUT2D eigenvalue weighted by Gasteiger charge is 2.17. The Morgan fingerprint density at radius 3 is 2.55 bits per heavy atom. The molecule has 0 radical (unpaired) electrons. The molecule has 9 heteroatoms. The number of fused-ring (bicyclic) bond motifs is 1. The maximum atomic E-state index is 13.3. The molecule has 8 nitrogen and oxygen atoms in total. The highest BCUT2D eigenvalue weighted by Crippen LogP contribution is 2.35. The van der Waals surface area contributed by atoms with E-state index in [1.807, 2.05) is 61.5 Å². The lowest BCUT2D eigenvalue weighted by Gasteiger charge is -2.11. The molecule has 5 aromatic rings. The molecular weight excluding hydrogens is 524 g/mol. The predicted molar refractivity (Wildman–Crippen MR) is 158 cm³/mol. The molecule has 0 unspecified atom stereocenters. The second kappa shape index (κ2) is 12.4. The fraction of sp³-hybridized carbons (Fsp3) is 0.161. The third kappa shape index (κ3) is 6.10. The first kappa shape index (κ1) is 26.8. The number of nitrogens with zero attached hydrogens (tertiary/aromatic N) is 3. The van der Waals surface area contributed by atoms with Crippen LogP contribution in [0, 0.1) is 6.92 Å². The van der Waals surface area contributed by atoms with Crippen molar-refractivity contribution < 1.29 is 14.3 Å². The van der Waals surface area contributed by atoms with Crippen molar-refractivity contribution in [3.8, 4) is 22.6 Å². The molecule has 0 spiro atoms. The molecule has 0 aliphatic carbocycles. The number of carbonyl (C=O) groups is 1. The molecule has 202 valence electrons. The number of ether oxygens (including phenoxy) is 2. The number of hydrogen-bond donors (Lipinski definition) is 1. The van der Waals surface area contributed by atoms with Gasteiger partial charge in [-0.25, -0.2) is 10.4 Å². The quantitative estimate of drug-likeness (QED) is 0.190. The Bertz CT molecular complexity index is 1710. The van der Waals surface area contributed by atoms with E-state index in [1.165, 1.54) is 34.0 Å². The number of hydrazone groups is 1. The number of aromatic nitrogens is 2. The topological polar surface area (TPSA) is 94.8 Å². The normalized spacial score (nSPS) is 11.2. The van der Waals surface area contributed by atoms with E-state index in [1.54, 1.807) is 19.2 Å². The molecule has 1 N–H and O–H groups in total. The lowest BCUT2D eigenvalue weighted by molar-refractivity contribution is -0.121. The molecule has 40 heavy (non-hydrogen) atoms. The molecule has 0 aliphatic heterocycles. The standard InChI is InChI=1S/C31H28N4O4S/c1-21-28(24-11-7-4-8-12-24)29-30(40-21)32-20-35(31(29)37)19-27(36)34-33-18-23-13-14-25(26(17-23)38-2)39-16-15-22-9-5-3-6-10-22/h3-14,17-18,20H,15-16,19H2,1-2H3,(H,34,36)/b33-18-. The Balaban J connectivity index is 1.23. The number of aryl methyl sites for hydroxylation is 1. The highest BCUT2D eigenvalue weighted by atomic mass is 32.1. The smallest absolute Gasteiger partial charge is 0.263 e. The van der Waals surface area contributed by atoms with Gasteiger partial charge in [-0.1, -0.05) is 60.7 Å². The van der Waals surface area contributed by atoms with Gasteiger partial charge in [0.05, 0.1) is 31.6 Å². The number of rotatable bonds is 10. The lowest BCUT2D eigenvalue weighted by Crippen LogP contribution is -2.30. The maximum Gasteiger partial charge on any atom is 0.263 e. The molecule has 0 atom stereocenters. The van der Waals surface area contributed by atoms with E-state index in [9.17, 15) is 9.59 Å². The molecule has 0 fully saturated rings. The Kier molecular flexibility index (Phi) is 8.32. The van der Waals surface area contributed by atoms with Gasteiger partial charge < -0.3 is 9.47 Å². The first-order valence-electron chi connectivity index (χ1n) is 12.7. The number of amides is 1. The third-order valence-electron chi connectivity index (χ3n) is 6.31. The van der Waals surface area contributed by atoms with E-state index in [0.717, 1.165) is 22.4 Å². The van der Waals surface area contributed by atoms with Crippen molar-refractivity contribution in [3.05, 3.63) is 112 Å². The molecule has 2 aromatic heterocycles. The molecule has 0 saturated carbocycles. The van der Waals surface area contributed by atoms with Gasteiger partial charge in [-0.05, 0) is 41.8 Å². The van der Waals surface area contributed by atoms with Crippen molar-refractivity contribution >= 4 is 33.7 Å². The van der Waals surface area contributed by atoms with Gasteiger partial charge in [-0.3, -0.25) is 14.2 Å². The number of thiophene rings is 1. The van der Waals surface area contributed by atoms with Crippen LogP contribution in [0.5, 0.6) is 11.5 Å². The van der Waals surface area contributed by atoms with Crippen LogP contribution >= 0.6 is 11.3 Å². The summed E-state index contributed by atoms with van der Waals surface area (Å²) < 4.78 is 12.7. The van der Waals surface area contributed by atoms with Crippen molar-refractivity contribution in [2.24, 2.45) is 5.10 Å². The van der Waals surface area contributed by atoms with Gasteiger partial charge in [0, 0.05) is 16.9 Å². The minimum absolute atomic E-state index is 0.209. The van der Waals surface area contributed by atoms with Gasteiger partial charge in [-0.2, -0.15) is 5.10 Å². The van der Waals surface area contributed by atoms with Gasteiger partial charge in [-0.15, -0.1) is 11.3 Å². The van der Waals surface area contributed by atoms with Crippen LogP contribution in [0.3, 0.4) is 0 Å². The number of carbonyl (C=O) groups excluding carboxylic acids is 1. The minimum atomic E-state index is -0.444. The summed E-state index contributed by atoms with van der Waals surface area (Å²) in [6, 6.07) is 25.2. The molecule has 2 heterocycles. The fourth-order valence-electron chi connectivity index (χ4n) is 4.38. The summed E-state index contributed by atoms with van der Waals surface area (Å²) >= 11 is 1.47. The van der Waals surface area contributed by atoms with Crippen molar-refractivity contribution in [2.45, 2.75) is 19.9 Å². The molecule has 3 aromatic carbocycles. The summed E-state index contributed by atoms with van der Waals surface area (Å²) in [7, 11) is 1.57. The zero-order valence-electron chi connectivity index (χ0n) is 22.2. The molecule has 1 amide bonds. The summed E-state index contributed by atoms with van der Waals surface area (Å²) in [5.74, 6) is 0.746. The van der Waals surface area contributed by atoms with Crippen molar-refractivity contribution in [1.82, 2.24) is 15.0 Å². The van der Waals surface area contributed by atoms with E-state index < -0.39 is 5.91 Å². The van der Waals surface area contributed by atoms with Crippen LogP contribution in [0.25, 0.3) is 21.3 Å².